The first-order valence-electron chi connectivity index (χ1n) is 5.19. The van der Waals surface area contributed by atoms with Crippen molar-refractivity contribution in [2.75, 3.05) is 6.54 Å². The lowest BCUT2D eigenvalue weighted by molar-refractivity contribution is 0.817. The Morgan fingerprint density at radius 3 is 2.87 bits per heavy atom. The van der Waals surface area contributed by atoms with Crippen LogP contribution >= 0.6 is 11.6 Å². The molecule has 0 aliphatic carbocycles. The summed E-state index contributed by atoms with van der Waals surface area (Å²) in [6, 6.07) is 6.11. The van der Waals surface area contributed by atoms with Gasteiger partial charge in [-0.1, -0.05) is 17.7 Å². The van der Waals surface area contributed by atoms with E-state index in [-0.39, 0.29) is 0 Å². The molecule has 0 bridgehead atoms. The maximum atomic E-state index is 6.13. The summed E-state index contributed by atoms with van der Waals surface area (Å²) >= 11 is 6.13. The first-order valence-corrected chi connectivity index (χ1v) is 5.57. The van der Waals surface area contributed by atoms with E-state index in [1.807, 2.05) is 12.1 Å². The quantitative estimate of drug-likeness (QED) is 0.824. The minimum absolute atomic E-state index is 0.724. The zero-order valence-corrected chi connectivity index (χ0v) is 9.56. The van der Waals surface area contributed by atoms with E-state index in [1.165, 1.54) is 11.3 Å². The summed E-state index contributed by atoms with van der Waals surface area (Å²) in [7, 11) is 0. The zero-order valence-electron chi connectivity index (χ0n) is 8.81. The molecule has 0 saturated carbocycles. The second kappa shape index (κ2) is 4.25. The number of hydrogen-bond donors (Lipinski definition) is 2. The average Bonchev–Trinajstić information content (AvgIpc) is 2.66. The van der Waals surface area contributed by atoms with E-state index in [1.54, 1.807) is 0 Å². The number of aromatic amines is 1. The third kappa shape index (κ3) is 2.01. The smallest absolute Gasteiger partial charge is 0.0500 e. The number of rotatable bonds is 3. The molecule has 1 aromatic carbocycles. The molecule has 0 amide bonds. The molecule has 2 aromatic rings. The molecule has 0 unspecified atom stereocenters. The number of aromatic nitrogens is 1. The number of fused-ring (bicyclic) bond motifs is 1. The lowest BCUT2D eigenvalue weighted by Crippen LogP contribution is -2.00. The van der Waals surface area contributed by atoms with Crippen LogP contribution < -0.4 is 5.73 Å². The van der Waals surface area contributed by atoms with Gasteiger partial charge in [-0.05, 0) is 44.0 Å². The molecule has 0 aliphatic rings. The normalized spacial score (nSPS) is 11.1. The molecule has 3 N–H and O–H groups in total. The molecule has 0 radical (unpaired) electrons. The van der Waals surface area contributed by atoms with E-state index in [2.05, 4.69) is 18.0 Å². The lowest BCUT2D eigenvalue weighted by atomic mass is 10.1. The van der Waals surface area contributed by atoms with Gasteiger partial charge in [0.05, 0.1) is 5.52 Å². The zero-order chi connectivity index (χ0) is 10.8. The van der Waals surface area contributed by atoms with Crippen molar-refractivity contribution < 1.29 is 0 Å². The van der Waals surface area contributed by atoms with Crippen molar-refractivity contribution >= 4 is 22.5 Å². The van der Waals surface area contributed by atoms with E-state index in [0.717, 1.165) is 35.3 Å². The molecule has 0 spiro atoms. The van der Waals surface area contributed by atoms with Crippen molar-refractivity contribution in [3.63, 3.8) is 0 Å². The van der Waals surface area contributed by atoms with Crippen molar-refractivity contribution in [3.05, 3.63) is 34.5 Å². The van der Waals surface area contributed by atoms with E-state index in [4.69, 9.17) is 17.3 Å². The Kier molecular flexibility index (Phi) is 2.98. The van der Waals surface area contributed by atoms with Crippen molar-refractivity contribution in [1.82, 2.24) is 4.98 Å². The third-order valence-corrected chi connectivity index (χ3v) is 2.98. The van der Waals surface area contributed by atoms with Gasteiger partial charge < -0.3 is 10.7 Å². The summed E-state index contributed by atoms with van der Waals surface area (Å²) in [5.74, 6) is 0. The van der Waals surface area contributed by atoms with Gasteiger partial charge in [0.25, 0.3) is 0 Å². The van der Waals surface area contributed by atoms with Gasteiger partial charge in [0.15, 0.2) is 0 Å². The number of hydrogen-bond acceptors (Lipinski definition) is 1. The molecule has 15 heavy (non-hydrogen) atoms. The summed E-state index contributed by atoms with van der Waals surface area (Å²) in [5.41, 5.74) is 9.08. The number of aryl methyl sites for hydroxylation is 2. The van der Waals surface area contributed by atoms with Gasteiger partial charge in [-0.15, -0.1) is 0 Å². The topological polar surface area (TPSA) is 41.8 Å². The number of nitrogens with one attached hydrogen (secondary N) is 1. The fraction of sp³-hybridized carbons (Fsp3) is 0.333. The Bertz CT molecular complexity index is 435. The predicted molar refractivity (Wildman–Crippen MR) is 65.4 cm³/mol. The number of nitrogens with two attached hydrogens (primary N) is 1. The Balaban J connectivity index is 2.45. The standard InChI is InChI=1S/C12H15ClN2/c1-8-4-5-11(13)10-7-9(3-2-6-14)15-12(8)10/h4-5,7,15H,2-3,6,14H2,1H3. The maximum Gasteiger partial charge on any atom is 0.0500 e. The Morgan fingerprint density at radius 2 is 2.20 bits per heavy atom. The molecule has 80 valence electrons. The van der Waals surface area contributed by atoms with Crippen molar-refractivity contribution in [2.24, 2.45) is 5.73 Å². The lowest BCUT2D eigenvalue weighted by Gasteiger charge is -1.97. The van der Waals surface area contributed by atoms with Gasteiger partial charge in [-0.3, -0.25) is 0 Å². The fourth-order valence-corrected chi connectivity index (χ4v) is 2.02. The number of halogens is 1. The van der Waals surface area contributed by atoms with E-state index in [0.29, 0.717) is 0 Å². The Hall–Kier alpha value is -0.990. The van der Waals surface area contributed by atoms with Crippen molar-refractivity contribution in [3.8, 4) is 0 Å². The van der Waals surface area contributed by atoms with Gasteiger partial charge in [-0.25, -0.2) is 0 Å². The first kappa shape index (κ1) is 10.5. The first-order chi connectivity index (χ1) is 7.22. The highest BCUT2D eigenvalue weighted by Gasteiger charge is 2.06. The van der Waals surface area contributed by atoms with Crippen LogP contribution in [-0.2, 0) is 6.42 Å². The molecule has 1 aromatic heterocycles. The van der Waals surface area contributed by atoms with Crippen LogP contribution in [0.2, 0.25) is 5.02 Å². The molecule has 2 nitrogen and oxygen atoms in total. The molecular formula is C12H15ClN2. The largest absolute Gasteiger partial charge is 0.358 e. The van der Waals surface area contributed by atoms with Crippen LogP contribution in [0.4, 0.5) is 0 Å². The summed E-state index contributed by atoms with van der Waals surface area (Å²) in [6.45, 7) is 2.81. The van der Waals surface area contributed by atoms with Gasteiger partial charge >= 0.3 is 0 Å². The van der Waals surface area contributed by atoms with Crippen LogP contribution in [0.25, 0.3) is 10.9 Å². The minimum atomic E-state index is 0.724. The van der Waals surface area contributed by atoms with Crippen LogP contribution in [0, 0.1) is 6.92 Å². The highest BCUT2D eigenvalue weighted by Crippen LogP contribution is 2.27. The molecule has 2 rings (SSSR count). The summed E-state index contributed by atoms with van der Waals surface area (Å²) in [4.78, 5) is 3.40. The van der Waals surface area contributed by atoms with E-state index in [9.17, 15) is 0 Å². The second-order valence-corrected chi connectivity index (χ2v) is 4.25. The van der Waals surface area contributed by atoms with Crippen molar-refractivity contribution in [2.45, 2.75) is 19.8 Å². The molecule has 0 saturated heterocycles. The van der Waals surface area contributed by atoms with E-state index < -0.39 is 0 Å². The highest BCUT2D eigenvalue weighted by atomic mass is 35.5. The van der Waals surface area contributed by atoms with E-state index >= 15 is 0 Å². The van der Waals surface area contributed by atoms with Gasteiger partial charge in [0.1, 0.15) is 0 Å². The van der Waals surface area contributed by atoms with Crippen molar-refractivity contribution in [1.29, 1.82) is 0 Å². The Morgan fingerprint density at radius 1 is 1.40 bits per heavy atom. The number of benzene rings is 1. The summed E-state index contributed by atoms with van der Waals surface area (Å²) < 4.78 is 0. The minimum Gasteiger partial charge on any atom is -0.358 e. The van der Waals surface area contributed by atoms with Crippen LogP contribution in [0.1, 0.15) is 17.7 Å². The third-order valence-electron chi connectivity index (χ3n) is 2.66. The van der Waals surface area contributed by atoms with Gasteiger partial charge in [0.2, 0.25) is 0 Å². The highest BCUT2D eigenvalue weighted by molar-refractivity contribution is 6.35. The van der Waals surface area contributed by atoms with Gasteiger partial charge in [-0.2, -0.15) is 0 Å². The molecule has 1 heterocycles. The summed E-state index contributed by atoms with van der Waals surface area (Å²) in [5, 5.41) is 1.93. The molecule has 0 fully saturated rings. The fourth-order valence-electron chi connectivity index (χ4n) is 1.81. The molecule has 3 heteroatoms. The van der Waals surface area contributed by atoms with Crippen LogP contribution in [-0.4, -0.2) is 11.5 Å². The number of H-pyrrole nitrogens is 1. The summed E-state index contributed by atoms with van der Waals surface area (Å²) in [6.07, 6.45) is 1.99. The Labute approximate surface area is 94.4 Å². The molecular weight excluding hydrogens is 208 g/mol. The SMILES string of the molecule is Cc1ccc(Cl)c2cc(CCCN)[nH]c12. The van der Waals surface area contributed by atoms with Gasteiger partial charge in [0, 0.05) is 16.1 Å². The molecule has 0 atom stereocenters. The van der Waals surface area contributed by atoms with Crippen LogP contribution in [0.15, 0.2) is 18.2 Å². The monoisotopic (exact) mass is 222 g/mol. The predicted octanol–water partition coefficient (Wildman–Crippen LogP) is 3.02. The molecule has 0 aliphatic heterocycles. The second-order valence-electron chi connectivity index (χ2n) is 3.84. The average molecular weight is 223 g/mol. The van der Waals surface area contributed by atoms with Crippen LogP contribution in [0.3, 0.4) is 0 Å². The van der Waals surface area contributed by atoms with Crippen LogP contribution in [0.5, 0.6) is 0 Å². The maximum absolute atomic E-state index is 6.13.